The molecule has 1 aromatic carbocycles. The van der Waals surface area contributed by atoms with E-state index in [4.69, 9.17) is 28.9 Å². The van der Waals surface area contributed by atoms with Crippen molar-refractivity contribution in [2.45, 2.75) is 13.8 Å². The average Bonchev–Trinajstić information content (AvgIpc) is 2.64. The number of carbonyl (C=O) groups excluding carboxylic acids is 1. The lowest BCUT2D eigenvalue weighted by Gasteiger charge is -2.06. The molecule has 0 aliphatic rings. The Bertz CT molecular complexity index is 612. The molecule has 3 N–H and O–H groups in total. The van der Waals surface area contributed by atoms with E-state index in [1.807, 2.05) is 13.8 Å². The number of nitrogens with two attached hydrogens (primary N) is 1. The number of benzene rings is 1. The molecule has 4 nitrogen and oxygen atoms in total. The van der Waals surface area contributed by atoms with Gasteiger partial charge in [0.25, 0.3) is 5.91 Å². The predicted molar refractivity (Wildman–Crippen MR) is 80.4 cm³/mol. The van der Waals surface area contributed by atoms with Gasteiger partial charge in [0.05, 0.1) is 21.4 Å². The predicted octanol–water partition coefficient (Wildman–Crippen LogP) is 3.90. The van der Waals surface area contributed by atoms with Crippen molar-refractivity contribution in [3.05, 3.63) is 38.3 Å². The zero-order valence-corrected chi connectivity index (χ0v) is 12.6. The number of nitrogens with zero attached hydrogens (tertiary/aromatic N) is 1. The lowest BCUT2D eigenvalue weighted by atomic mass is 10.2. The van der Waals surface area contributed by atoms with Gasteiger partial charge in [0, 0.05) is 10.4 Å². The lowest BCUT2D eigenvalue weighted by Crippen LogP contribution is -2.12. The molecule has 7 heteroatoms. The molecule has 0 radical (unpaired) electrons. The summed E-state index contributed by atoms with van der Waals surface area (Å²) in [5.41, 5.74) is 7.12. The summed E-state index contributed by atoms with van der Waals surface area (Å²) in [4.78, 5) is 17.3. The molecule has 2 rings (SSSR count). The maximum absolute atomic E-state index is 12.0. The van der Waals surface area contributed by atoms with Crippen molar-refractivity contribution in [2.75, 3.05) is 11.1 Å². The Labute approximate surface area is 124 Å². The molecule has 1 heterocycles. The fourth-order valence-electron chi connectivity index (χ4n) is 1.41. The second kappa shape index (κ2) is 5.36. The van der Waals surface area contributed by atoms with Crippen molar-refractivity contribution in [3.63, 3.8) is 0 Å². The second-order valence-corrected chi connectivity index (χ2v) is 5.99. The van der Waals surface area contributed by atoms with Gasteiger partial charge < -0.3 is 5.73 Å². The first kappa shape index (κ1) is 14.1. The molecule has 1 amide bonds. The number of thiazole rings is 1. The third kappa shape index (κ3) is 3.00. The summed E-state index contributed by atoms with van der Waals surface area (Å²) in [6, 6.07) is 2.96. The Hall–Kier alpha value is -1.30. The SMILES string of the molecule is Cc1nc(NC(=O)c2cc(Cl)c(N)c(Cl)c2)sc1C. The molecule has 2 aromatic rings. The molecule has 0 saturated carbocycles. The Balaban J connectivity index is 2.25. The van der Waals surface area contributed by atoms with Crippen molar-refractivity contribution >= 4 is 51.3 Å². The number of rotatable bonds is 2. The Morgan fingerprint density at radius 1 is 1.32 bits per heavy atom. The van der Waals surface area contributed by atoms with E-state index in [9.17, 15) is 4.79 Å². The number of hydrogen-bond acceptors (Lipinski definition) is 4. The van der Waals surface area contributed by atoms with Gasteiger partial charge >= 0.3 is 0 Å². The maximum atomic E-state index is 12.0. The summed E-state index contributed by atoms with van der Waals surface area (Å²) in [7, 11) is 0. The highest BCUT2D eigenvalue weighted by atomic mass is 35.5. The van der Waals surface area contributed by atoms with Crippen LogP contribution < -0.4 is 11.1 Å². The van der Waals surface area contributed by atoms with Crippen LogP contribution in [0.1, 0.15) is 20.9 Å². The van der Waals surface area contributed by atoms with Gasteiger partial charge in [-0.2, -0.15) is 0 Å². The van der Waals surface area contributed by atoms with Gasteiger partial charge in [-0.25, -0.2) is 4.98 Å². The molecule has 1 aromatic heterocycles. The topological polar surface area (TPSA) is 68.0 Å². The maximum Gasteiger partial charge on any atom is 0.257 e. The summed E-state index contributed by atoms with van der Waals surface area (Å²) in [6.45, 7) is 3.83. The smallest absolute Gasteiger partial charge is 0.257 e. The fourth-order valence-corrected chi connectivity index (χ4v) is 2.71. The van der Waals surface area contributed by atoms with Crippen LogP contribution in [0.5, 0.6) is 0 Å². The van der Waals surface area contributed by atoms with Crippen LogP contribution in [0.4, 0.5) is 10.8 Å². The molecule has 0 fully saturated rings. The highest BCUT2D eigenvalue weighted by Crippen LogP contribution is 2.29. The first-order valence-corrected chi connectivity index (χ1v) is 6.95. The summed E-state index contributed by atoms with van der Waals surface area (Å²) in [6.07, 6.45) is 0. The van der Waals surface area contributed by atoms with Crippen LogP contribution in [-0.2, 0) is 0 Å². The quantitative estimate of drug-likeness (QED) is 0.826. The van der Waals surface area contributed by atoms with Crippen LogP contribution in [0, 0.1) is 13.8 Å². The van der Waals surface area contributed by atoms with Crippen LogP contribution in [0.15, 0.2) is 12.1 Å². The zero-order chi connectivity index (χ0) is 14.2. The van der Waals surface area contributed by atoms with E-state index in [0.29, 0.717) is 10.7 Å². The first-order valence-electron chi connectivity index (χ1n) is 5.38. The molecule has 0 atom stereocenters. The number of aromatic nitrogens is 1. The minimum absolute atomic E-state index is 0.254. The van der Waals surface area contributed by atoms with E-state index in [1.54, 1.807) is 0 Å². The van der Waals surface area contributed by atoms with Crippen LogP contribution >= 0.6 is 34.5 Å². The monoisotopic (exact) mass is 315 g/mol. The van der Waals surface area contributed by atoms with Crippen LogP contribution in [0.25, 0.3) is 0 Å². The molecule has 0 unspecified atom stereocenters. The van der Waals surface area contributed by atoms with Crippen LogP contribution in [0.2, 0.25) is 10.0 Å². The number of anilines is 2. The Morgan fingerprint density at radius 3 is 2.37 bits per heavy atom. The number of nitrogens with one attached hydrogen (secondary N) is 1. The molecule has 19 heavy (non-hydrogen) atoms. The van der Waals surface area contributed by atoms with Gasteiger partial charge in [0.2, 0.25) is 0 Å². The third-order valence-electron chi connectivity index (χ3n) is 2.59. The van der Waals surface area contributed by atoms with E-state index >= 15 is 0 Å². The standard InChI is InChI=1S/C12H11Cl2N3OS/c1-5-6(2)19-12(16-5)17-11(18)7-3-8(13)10(15)9(14)4-7/h3-4H,15H2,1-2H3,(H,16,17,18). The molecular formula is C12H11Cl2N3OS. The first-order chi connectivity index (χ1) is 8.88. The Morgan fingerprint density at radius 2 is 1.89 bits per heavy atom. The van der Waals surface area contributed by atoms with E-state index in [-0.39, 0.29) is 21.6 Å². The molecule has 0 aliphatic heterocycles. The molecule has 0 saturated heterocycles. The Kier molecular flexibility index (Phi) is 3.99. The molecule has 100 valence electrons. The zero-order valence-electron chi connectivity index (χ0n) is 10.3. The average molecular weight is 316 g/mol. The van der Waals surface area contributed by atoms with Crippen molar-refractivity contribution in [1.29, 1.82) is 0 Å². The van der Waals surface area contributed by atoms with Gasteiger partial charge in [-0.3, -0.25) is 10.1 Å². The number of aryl methyl sites for hydroxylation is 2. The minimum Gasteiger partial charge on any atom is -0.396 e. The summed E-state index contributed by atoms with van der Waals surface area (Å²) in [5.74, 6) is -0.322. The third-order valence-corrected chi connectivity index (χ3v) is 4.20. The van der Waals surface area contributed by atoms with Crippen molar-refractivity contribution in [3.8, 4) is 0 Å². The van der Waals surface area contributed by atoms with Crippen LogP contribution in [0.3, 0.4) is 0 Å². The number of nitrogen functional groups attached to an aromatic ring is 1. The summed E-state index contributed by atoms with van der Waals surface area (Å²) < 4.78 is 0. The highest BCUT2D eigenvalue weighted by molar-refractivity contribution is 7.15. The van der Waals surface area contributed by atoms with Crippen molar-refractivity contribution < 1.29 is 4.79 Å². The molecule has 0 aliphatic carbocycles. The number of hydrogen-bond donors (Lipinski definition) is 2. The fraction of sp³-hybridized carbons (Fsp3) is 0.167. The van der Waals surface area contributed by atoms with E-state index in [0.717, 1.165) is 10.6 Å². The van der Waals surface area contributed by atoms with Crippen molar-refractivity contribution in [2.24, 2.45) is 0 Å². The molecule has 0 bridgehead atoms. The van der Waals surface area contributed by atoms with Gasteiger partial charge in [0.15, 0.2) is 5.13 Å². The van der Waals surface area contributed by atoms with Gasteiger partial charge in [-0.15, -0.1) is 11.3 Å². The number of halogens is 2. The van der Waals surface area contributed by atoms with Gasteiger partial charge in [-0.1, -0.05) is 23.2 Å². The van der Waals surface area contributed by atoms with E-state index < -0.39 is 0 Å². The molecule has 0 spiro atoms. The van der Waals surface area contributed by atoms with Gasteiger partial charge in [-0.05, 0) is 26.0 Å². The number of carbonyl (C=O) groups is 1. The lowest BCUT2D eigenvalue weighted by molar-refractivity contribution is 0.102. The van der Waals surface area contributed by atoms with E-state index in [2.05, 4.69) is 10.3 Å². The minimum atomic E-state index is -0.322. The van der Waals surface area contributed by atoms with Crippen LogP contribution in [-0.4, -0.2) is 10.9 Å². The van der Waals surface area contributed by atoms with Gasteiger partial charge in [0.1, 0.15) is 0 Å². The van der Waals surface area contributed by atoms with Crippen molar-refractivity contribution in [1.82, 2.24) is 4.98 Å². The largest absolute Gasteiger partial charge is 0.396 e. The highest BCUT2D eigenvalue weighted by Gasteiger charge is 2.13. The summed E-state index contributed by atoms with van der Waals surface area (Å²) in [5, 5.41) is 3.76. The summed E-state index contributed by atoms with van der Waals surface area (Å²) >= 11 is 13.2. The normalized spacial score (nSPS) is 10.5. The second-order valence-electron chi connectivity index (χ2n) is 3.97. The molecular weight excluding hydrogens is 305 g/mol. The van der Waals surface area contributed by atoms with E-state index in [1.165, 1.54) is 23.5 Å². The number of amides is 1.